The fourth-order valence-corrected chi connectivity index (χ4v) is 3.42. The summed E-state index contributed by atoms with van der Waals surface area (Å²) in [5, 5.41) is 2.88. The molecule has 0 bridgehead atoms. The Labute approximate surface area is 146 Å². The van der Waals surface area contributed by atoms with Crippen LogP contribution in [0.5, 0.6) is 0 Å². The van der Waals surface area contributed by atoms with Crippen LogP contribution >= 0.6 is 0 Å². The Morgan fingerprint density at radius 1 is 1.29 bits per heavy atom. The minimum absolute atomic E-state index is 0.188. The van der Waals surface area contributed by atoms with Crippen molar-refractivity contribution in [1.82, 2.24) is 5.32 Å². The summed E-state index contributed by atoms with van der Waals surface area (Å²) in [7, 11) is -3.52. The Balaban J connectivity index is 2.72. The Morgan fingerprint density at radius 2 is 2.00 bits per heavy atom. The molecule has 136 valence electrons. The minimum Gasteiger partial charge on any atom is -0.354 e. The predicted molar refractivity (Wildman–Crippen MR) is 99.7 cm³/mol. The minimum atomic E-state index is -3.52. The quantitative estimate of drug-likeness (QED) is 0.702. The van der Waals surface area contributed by atoms with E-state index in [-0.39, 0.29) is 12.5 Å². The lowest BCUT2D eigenvalue weighted by Gasteiger charge is -2.23. The van der Waals surface area contributed by atoms with Gasteiger partial charge in [0.1, 0.15) is 6.54 Å². The lowest BCUT2D eigenvalue weighted by atomic mass is 9.99. The largest absolute Gasteiger partial charge is 0.354 e. The van der Waals surface area contributed by atoms with Gasteiger partial charge in [-0.15, -0.1) is 0 Å². The molecule has 0 saturated heterocycles. The second-order valence-corrected chi connectivity index (χ2v) is 8.24. The first-order valence-corrected chi connectivity index (χ1v) is 10.4. The van der Waals surface area contributed by atoms with E-state index in [4.69, 9.17) is 0 Å². The summed E-state index contributed by atoms with van der Waals surface area (Å²) >= 11 is 0. The van der Waals surface area contributed by atoms with E-state index in [0.29, 0.717) is 18.2 Å². The zero-order chi connectivity index (χ0) is 18.2. The first-order chi connectivity index (χ1) is 11.3. The molecule has 0 heterocycles. The number of aryl methyl sites for hydroxylation is 1. The highest BCUT2D eigenvalue weighted by atomic mass is 32.2. The summed E-state index contributed by atoms with van der Waals surface area (Å²) < 4.78 is 25.3. The molecule has 0 aromatic heterocycles. The highest BCUT2D eigenvalue weighted by molar-refractivity contribution is 7.92. The second-order valence-electron chi connectivity index (χ2n) is 6.33. The van der Waals surface area contributed by atoms with Gasteiger partial charge in [0.05, 0.1) is 11.9 Å². The van der Waals surface area contributed by atoms with Gasteiger partial charge in [-0.05, 0) is 37.0 Å². The third kappa shape index (κ3) is 6.91. The van der Waals surface area contributed by atoms with Gasteiger partial charge in [0.15, 0.2) is 0 Å². The van der Waals surface area contributed by atoms with Crippen LogP contribution in [0.4, 0.5) is 5.69 Å². The summed E-state index contributed by atoms with van der Waals surface area (Å²) in [6.45, 7) is 6.57. The lowest BCUT2D eigenvalue weighted by Crippen LogP contribution is -2.41. The van der Waals surface area contributed by atoms with Gasteiger partial charge in [-0.25, -0.2) is 8.42 Å². The van der Waals surface area contributed by atoms with Crippen LogP contribution in [0.1, 0.15) is 45.1 Å². The number of carbonyl (C=O) groups is 1. The Bertz CT molecular complexity index is 629. The van der Waals surface area contributed by atoms with Crippen molar-refractivity contribution in [3.05, 3.63) is 29.8 Å². The van der Waals surface area contributed by atoms with Crippen molar-refractivity contribution in [1.29, 1.82) is 0 Å². The standard InChI is InChI=1S/C18H30N2O3S/c1-5-7-10-16(6-2)13-19-18(21)14-20(24(4,22)23)17-11-8-9-15(3)12-17/h8-9,11-12,16H,5-7,10,13-14H2,1-4H3,(H,19,21)/t16-/m1/s1. The molecule has 0 aliphatic heterocycles. The number of amides is 1. The molecule has 24 heavy (non-hydrogen) atoms. The molecule has 0 unspecified atom stereocenters. The van der Waals surface area contributed by atoms with Crippen molar-refractivity contribution in [2.75, 3.05) is 23.7 Å². The first-order valence-electron chi connectivity index (χ1n) is 8.59. The van der Waals surface area contributed by atoms with Crippen molar-refractivity contribution in [2.45, 2.75) is 46.5 Å². The van der Waals surface area contributed by atoms with Gasteiger partial charge in [-0.1, -0.05) is 45.2 Å². The molecule has 1 amide bonds. The van der Waals surface area contributed by atoms with Gasteiger partial charge in [0, 0.05) is 6.54 Å². The molecular formula is C18H30N2O3S. The second kappa shape index (κ2) is 9.67. The summed E-state index contributed by atoms with van der Waals surface area (Å²) in [6.07, 6.45) is 5.50. The number of nitrogens with zero attached hydrogens (tertiary/aromatic N) is 1. The molecule has 0 fully saturated rings. The van der Waals surface area contributed by atoms with Gasteiger partial charge >= 0.3 is 0 Å². The Kier molecular flexibility index (Phi) is 8.25. The molecular weight excluding hydrogens is 324 g/mol. The predicted octanol–water partition coefficient (Wildman–Crippen LogP) is 3.09. The monoisotopic (exact) mass is 354 g/mol. The number of unbranched alkanes of at least 4 members (excludes halogenated alkanes) is 1. The maximum absolute atomic E-state index is 12.2. The fraction of sp³-hybridized carbons (Fsp3) is 0.611. The average Bonchev–Trinajstić information content (AvgIpc) is 2.51. The molecule has 1 rings (SSSR count). The van der Waals surface area contributed by atoms with Crippen LogP contribution in [-0.4, -0.2) is 33.7 Å². The number of benzene rings is 1. The lowest BCUT2D eigenvalue weighted by molar-refractivity contribution is -0.119. The van der Waals surface area contributed by atoms with Crippen molar-refractivity contribution >= 4 is 21.6 Å². The number of rotatable bonds is 10. The summed E-state index contributed by atoms with van der Waals surface area (Å²) in [4.78, 5) is 12.2. The van der Waals surface area contributed by atoms with Crippen LogP contribution in [-0.2, 0) is 14.8 Å². The maximum atomic E-state index is 12.2. The molecule has 1 N–H and O–H groups in total. The molecule has 0 saturated carbocycles. The molecule has 0 aliphatic rings. The zero-order valence-corrected chi connectivity index (χ0v) is 16.0. The van der Waals surface area contributed by atoms with Crippen molar-refractivity contribution in [3.8, 4) is 0 Å². The summed E-state index contributed by atoms with van der Waals surface area (Å²) in [5.41, 5.74) is 1.47. The molecule has 0 radical (unpaired) electrons. The van der Waals surface area contributed by atoms with E-state index < -0.39 is 10.0 Å². The third-order valence-electron chi connectivity index (χ3n) is 4.11. The summed E-state index contributed by atoms with van der Waals surface area (Å²) in [6, 6.07) is 7.16. The van der Waals surface area contributed by atoms with Crippen molar-refractivity contribution in [2.24, 2.45) is 5.92 Å². The SMILES string of the molecule is CCCC[C@@H](CC)CNC(=O)CN(c1cccc(C)c1)S(C)(=O)=O. The molecule has 0 aliphatic carbocycles. The van der Waals surface area contributed by atoms with Crippen LogP contribution in [0.25, 0.3) is 0 Å². The molecule has 1 aromatic rings. The van der Waals surface area contributed by atoms with Crippen LogP contribution in [0.15, 0.2) is 24.3 Å². The normalized spacial score (nSPS) is 12.7. The van der Waals surface area contributed by atoms with E-state index in [9.17, 15) is 13.2 Å². The van der Waals surface area contributed by atoms with Crippen LogP contribution in [0, 0.1) is 12.8 Å². The number of hydrogen-bond acceptors (Lipinski definition) is 3. The number of carbonyl (C=O) groups excluding carboxylic acids is 1. The highest BCUT2D eigenvalue weighted by Crippen LogP contribution is 2.18. The highest BCUT2D eigenvalue weighted by Gasteiger charge is 2.21. The van der Waals surface area contributed by atoms with Crippen molar-refractivity contribution in [3.63, 3.8) is 0 Å². The maximum Gasteiger partial charge on any atom is 0.240 e. The number of anilines is 1. The van der Waals surface area contributed by atoms with E-state index >= 15 is 0 Å². The molecule has 1 atom stereocenters. The zero-order valence-electron chi connectivity index (χ0n) is 15.2. The van der Waals surface area contributed by atoms with Crippen LogP contribution < -0.4 is 9.62 Å². The van der Waals surface area contributed by atoms with Crippen LogP contribution in [0.3, 0.4) is 0 Å². The number of nitrogens with one attached hydrogen (secondary N) is 1. The molecule has 0 spiro atoms. The van der Waals surface area contributed by atoms with Crippen molar-refractivity contribution < 1.29 is 13.2 Å². The van der Waals surface area contributed by atoms with Crippen LogP contribution in [0.2, 0.25) is 0 Å². The van der Waals surface area contributed by atoms with E-state index in [0.717, 1.165) is 41.8 Å². The third-order valence-corrected chi connectivity index (χ3v) is 5.25. The van der Waals surface area contributed by atoms with E-state index in [1.165, 1.54) is 0 Å². The Hall–Kier alpha value is -1.56. The van der Waals surface area contributed by atoms with Gasteiger partial charge < -0.3 is 5.32 Å². The first kappa shape index (κ1) is 20.5. The summed E-state index contributed by atoms with van der Waals surface area (Å²) in [5.74, 6) is 0.177. The van der Waals surface area contributed by atoms with Gasteiger partial charge in [0.2, 0.25) is 15.9 Å². The van der Waals surface area contributed by atoms with E-state index in [1.807, 2.05) is 13.0 Å². The fourth-order valence-electron chi connectivity index (χ4n) is 2.57. The van der Waals surface area contributed by atoms with Gasteiger partial charge in [0.25, 0.3) is 0 Å². The Morgan fingerprint density at radius 3 is 2.54 bits per heavy atom. The number of sulfonamides is 1. The van der Waals surface area contributed by atoms with E-state index in [2.05, 4.69) is 19.2 Å². The molecule has 1 aromatic carbocycles. The van der Waals surface area contributed by atoms with Gasteiger partial charge in [-0.3, -0.25) is 9.10 Å². The van der Waals surface area contributed by atoms with E-state index in [1.54, 1.807) is 18.2 Å². The molecule has 5 nitrogen and oxygen atoms in total. The number of hydrogen-bond donors (Lipinski definition) is 1. The topological polar surface area (TPSA) is 66.5 Å². The molecule has 6 heteroatoms. The van der Waals surface area contributed by atoms with Gasteiger partial charge in [-0.2, -0.15) is 0 Å². The average molecular weight is 355 g/mol. The smallest absolute Gasteiger partial charge is 0.240 e.